The molecule has 0 aliphatic rings. The largest absolute Gasteiger partial charge is 0.473 e. The van der Waals surface area contributed by atoms with Crippen LogP contribution in [0.1, 0.15) is 30.7 Å². The van der Waals surface area contributed by atoms with Crippen LogP contribution >= 0.6 is 15.9 Å². The van der Waals surface area contributed by atoms with Crippen LogP contribution in [0.5, 0.6) is 5.88 Å². The van der Waals surface area contributed by atoms with Gasteiger partial charge >= 0.3 is 0 Å². The summed E-state index contributed by atoms with van der Waals surface area (Å²) in [5, 5.41) is 3.34. The van der Waals surface area contributed by atoms with Crippen molar-refractivity contribution in [2.45, 2.75) is 33.4 Å². The topological polar surface area (TPSA) is 34.2 Å². The smallest absolute Gasteiger partial charge is 0.214 e. The molecule has 1 aromatic heterocycles. The van der Waals surface area contributed by atoms with Crippen LogP contribution in [-0.2, 0) is 19.6 Å². The Labute approximate surface area is 134 Å². The van der Waals surface area contributed by atoms with Crippen molar-refractivity contribution < 1.29 is 4.74 Å². The third-order valence-corrected chi connectivity index (χ3v) is 3.96. The fourth-order valence-corrected chi connectivity index (χ4v) is 2.41. The van der Waals surface area contributed by atoms with Gasteiger partial charge in [-0.2, -0.15) is 0 Å². The van der Waals surface area contributed by atoms with Gasteiger partial charge in [0.2, 0.25) is 5.88 Å². The van der Waals surface area contributed by atoms with Crippen LogP contribution in [0.3, 0.4) is 0 Å². The van der Waals surface area contributed by atoms with Crippen LogP contribution in [0.15, 0.2) is 40.9 Å². The summed E-state index contributed by atoms with van der Waals surface area (Å²) < 4.78 is 6.93. The number of rotatable bonds is 7. The standard InChI is InChI=1S/C17H21BrN2O/c1-3-15-9-13(11-19-4-2)10-17(20-15)21-12-14-7-5-6-8-16(14)18/h5-10,19H,3-4,11-12H2,1-2H3. The molecule has 0 aliphatic heterocycles. The molecule has 0 unspecified atom stereocenters. The van der Waals surface area contributed by atoms with Gasteiger partial charge in [0.15, 0.2) is 0 Å². The molecule has 0 spiro atoms. The SMILES string of the molecule is CCNCc1cc(CC)nc(OCc2ccccc2Br)c1. The van der Waals surface area contributed by atoms with Crippen LogP contribution in [0.2, 0.25) is 0 Å². The first-order valence-corrected chi connectivity index (χ1v) is 8.09. The van der Waals surface area contributed by atoms with E-state index in [0.29, 0.717) is 12.5 Å². The minimum Gasteiger partial charge on any atom is -0.473 e. The molecule has 0 saturated carbocycles. The third-order valence-electron chi connectivity index (χ3n) is 3.19. The average molecular weight is 349 g/mol. The first-order chi connectivity index (χ1) is 10.2. The van der Waals surface area contributed by atoms with E-state index in [-0.39, 0.29) is 0 Å². The van der Waals surface area contributed by atoms with E-state index in [9.17, 15) is 0 Å². The van der Waals surface area contributed by atoms with E-state index in [1.54, 1.807) is 0 Å². The van der Waals surface area contributed by atoms with Gasteiger partial charge in [-0.3, -0.25) is 0 Å². The van der Waals surface area contributed by atoms with Crippen molar-refractivity contribution in [3.8, 4) is 5.88 Å². The molecule has 0 fully saturated rings. The number of ether oxygens (including phenoxy) is 1. The lowest BCUT2D eigenvalue weighted by Crippen LogP contribution is -2.12. The molecule has 21 heavy (non-hydrogen) atoms. The maximum atomic E-state index is 5.87. The Morgan fingerprint density at radius 2 is 2.00 bits per heavy atom. The molecule has 0 atom stereocenters. The van der Waals surface area contributed by atoms with Crippen molar-refractivity contribution in [2.75, 3.05) is 6.54 Å². The van der Waals surface area contributed by atoms with Gasteiger partial charge in [-0.25, -0.2) is 4.98 Å². The molecule has 2 rings (SSSR count). The zero-order chi connectivity index (χ0) is 15.1. The van der Waals surface area contributed by atoms with Gasteiger partial charge < -0.3 is 10.1 Å². The lowest BCUT2D eigenvalue weighted by atomic mass is 10.2. The van der Waals surface area contributed by atoms with Gasteiger partial charge in [-0.05, 0) is 30.7 Å². The van der Waals surface area contributed by atoms with Crippen LogP contribution in [-0.4, -0.2) is 11.5 Å². The first kappa shape index (κ1) is 16.0. The predicted octanol–water partition coefficient (Wildman–Crippen LogP) is 4.10. The predicted molar refractivity (Wildman–Crippen MR) is 89.5 cm³/mol. The zero-order valence-electron chi connectivity index (χ0n) is 12.5. The summed E-state index contributed by atoms with van der Waals surface area (Å²) in [6.45, 7) is 6.53. The summed E-state index contributed by atoms with van der Waals surface area (Å²) in [7, 11) is 0. The van der Waals surface area contributed by atoms with Crippen LogP contribution in [0.4, 0.5) is 0 Å². The molecule has 2 aromatic rings. The Morgan fingerprint density at radius 3 is 2.71 bits per heavy atom. The van der Waals surface area contributed by atoms with Crippen molar-refractivity contribution in [3.63, 3.8) is 0 Å². The van der Waals surface area contributed by atoms with Crippen LogP contribution in [0, 0.1) is 0 Å². The Balaban J connectivity index is 2.09. The quantitative estimate of drug-likeness (QED) is 0.817. The van der Waals surface area contributed by atoms with Gasteiger partial charge in [0, 0.05) is 28.3 Å². The minimum atomic E-state index is 0.516. The Kier molecular flexibility index (Phi) is 6.21. The number of pyridine rings is 1. The Hall–Kier alpha value is -1.39. The molecule has 0 bridgehead atoms. The van der Waals surface area contributed by atoms with E-state index < -0.39 is 0 Å². The van der Waals surface area contributed by atoms with E-state index in [0.717, 1.165) is 35.2 Å². The molecule has 1 heterocycles. The van der Waals surface area contributed by atoms with Crippen molar-refractivity contribution in [1.29, 1.82) is 0 Å². The lowest BCUT2D eigenvalue weighted by Gasteiger charge is -2.11. The van der Waals surface area contributed by atoms with Crippen molar-refractivity contribution in [1.82, 2.24) is 10.3 Å². The molecule has 3 nitrogen and oxygen atoms in total. The van der Waals surface area contributed by atoms with E-state index in [1.807, 2.05) is 30.3 Å². The molecule has 112 valence electrons. The molecule has 1 N–H and O–H groups in total. The summed E-state index contributed by atoms with van der Waals surface area (Å²) in [5.74, 6) is 0.693. The second-order valence-corrected chi connectivity index (χ2v) is 5.67. The number of nitrogens with one attached hydrogen (secondary N) is 1. The van der Waals surface area contributed by atoms with E-state index in [2.05, 4.69) is 46.1 Å². The molecule has 0 amide bonds. The Morgan fingerprint density at radius 1 is 1.19 bits per heavy atom. The number of hydrogen-bond donors (Lipinski definition) is 1. The summed E-state index contributed by atoms with van der Waals surface area (Å²) in [4.78, 5) is 4.54. The van der Waals surface area contributed by atoms with Gasteiger partial charge in [0.05, 0.1) is 0 Å². The number of halogens is 1. The van der Waals surface area contributed by atoms with Gasteiger partial charge in [0.1, 0.15) is 6.61 Å². The summed E-state index contributed by atoms with van der Waals surface area (Å²) in [6, 6.07) is 12.2. The summed E-state index contributed by atoms with van der Waals surface area (Å²) >= 11 is 3.54. The normalized spacial score (nSPS) is 10.6. The second-order valence-electron chi connectivity index (χ2n) is 4.82. The summed E-state index contributed by atoms with van der Waals surface area (Å²) in [5.41, 5.74) is 3.40. The van der Waals surface area contributed by atoms with Crippen LogP contribution < -0.4 is 10.1 Å². The maximum absolute atomic E-state index is 5.87. The molecular formula is C17H21BrN2O. The number of aryl methyl sites for hydroxylation is 1. The highest BCUT2D eigenvalue weighted by Gasteiger charge is 2.05. The van der Waals surface area contributed by atoms with Crippen molar-refractivity contribution in [2.24, 2.45) is 0 Å². The maximum Gasteiger partial charge on any atom is 0.214 e. The van der Waals surface area contributed by atoms with E-state index >= 15 is 0 Å². The number of aromatic nitrogens is 1. The van der Waals surface area contributed by atoms with E-state index in [1.165, 1.54) is 5.56 Å². The Bertz CT molecular complexity index is 587. The number of nitrogens with zero attached hydrogens (tertiary/aromatic N) is 1. The molecule has 0 saturated heterocycles. The minimum absolute atomic E-state index is 0.516. The zero-order valence-corrected chi connectivity index (χ0v) is 14.1. The first-order valence-electron chi connectivity index (χ1n) is 7.29. The highest BCUT2D eigenvalue weighted by Crippen LogP contribution is 2.19. The van der Waals surface area contributed by atoms with Gasteiger partial charge in [-0.15, -0.1) is 0 Å². The summed E-state index contributed by atoms with van der Waals surface area (Å²) in [6.07, 6.45) is 0.908. The fraction of sp³-hybridized carbons (Fsp3) is 0.353. The fourth-order valence-electron chi connectivity index (χ4n) is 2.01. The molecular weight excluding hydrogens is 328 g/mol. The second kappa shape index (κ2) is 8.15. The highest BCUT2D eigenvalue weighted by molar-refractivity contribution is 9.10. The molecule has 1 aromatic carbocycles. The van der Waals surface area contributed by atoms with Gasteiger partial charge in [0.25, 0.3) is 0 Å². The number of hydrogen-bond acceptors (Lipinski definition) is 3. The molecule has 0 aliphatic carbocycles. The van der Waals surface area contributed by atoms with E-state index in [4.69, 9.17) is 4.74 Å². The highest BCUT2D eigenvalue weighted by atomic mass is 79.9. The van der Waals surface area contributed by atoms with Crippen molar-refractivity contribution in [3.05, 3.63) is 57.7 Å². The van der Waals surface area contributed by atoms with Crippen LogP contribution in [0.25, 0.3) is 0 Å². The monoisotopic (exact) mass is 348 g/mol. The average Bonchev–Trinajstić information content (AvgIpc) is 2.52. The lowest BCUT2D eigenvalue weighted by molar-refractivity contribution is 0.292. The number of benzene rings is 1. The molecule has 0 radical (unpaired) electrons. The van der Waals surface area contributed by atoms with Gasteiger partial charge in [-0.1, -0.05) is 48.0 Å². The van der Waals surface area contributed by atoms with Crippen molar-refractivity contribution >= 4 is 15.9 Å². The third kappa shape index (κ3) is 4.83. The molecule has 4 heteroatoms.